The molecule has 0 bridgehead atoms. The zero-order valence-corrected chi connectivity index (χ0v) is 11.5. The van der Waals surface area contributed by atoms with Crippen molar-refractivity contribution >= 4 is 5.82 Å². The number of hydrogen-bond donors (Lipinski definition) is 1. The Labute approximate surface area is 108 Å². The maximum atomic E-state index is 9.22. The predicted octanol–water partition coefficient (Wildman–Crippen LogP) is 2.81. The lowest BCUT2D eigenvalue weighted by atomic mass is 9.92. The molecule has 1 saturated carbocycles. The monoisotopic (exact) mass is 244 g/mol. The molecule has 18 heavy (non-hydrogen) atoms. The molecule has 1 aromatic rings. The fraction of sp³-hybridized carbons (Fsp3) is 0.643. The number of aromatic nitrogens is 2. The minimum absolute atomic E-state index is 0.396. The average Bonchev–Trinajstić information content (AvgIpc) is 3.12. The molecule has 0 atom stereocenters. The van der Waals surface area contributed by atoms with Gasteiger partial charge in [-0.25, -0.2) is 0 Å². The molecular weight excluding hydrogens is 224 g/mol. The van der Waals surface area contributed by atoms with E-state index in [2.05, 4.69) is 35.4 Å². The summed E-state index contributed by atoms with van der Waals surface area (Å²) in [5, 5.41) is 20.7. The van der Waals surface area contributed by atoms with Crippen molar-refractivity contribution in [3.05, 3.63) is 16.8 Å². The fourth-order valence-electron chi connectivity index (χ4n) is 2.25. The quantitative estimate of drug-likeness (QED) is 0.884. The highest BCUT2D eigenvalue weighted by Crippen LogP contribution is 2.51. The van der Waals surface area contributed by atoms with Crippen molar-refractivity contribution in [1.29, 1.82) is 5.26 Å². The summed E-state index contributed by atoms with van der Waals surface area (Å²) in [6.07, 6.45) is 2.52. The zero-order valence-electron chi connectivity index (χ0n) is 11.5. The van der Waals surface area contributed by atoms with Crippen LogP contribution >= 0.6 is 0 Å². The number of nitrogens with zero attached hydrogens (tertiary/aromatic N) is 3. The van der Waals surface area contributed by atoms with Crippen LogP contribution in [0, 0.1) is 36.5 Å². The summed E-state index contributed by atoms with van der Waals surface area (Å²) >= 11 is 0. The molecule has 4 heteroatoms. The highest BCUT2D eigenvalue weighted by atomic mass is 15.2. The lowest BCUT2D eigenvalue weighted by Gasteiger charge is -2.20. The predicted molar refractivity (Wildman–Crippen MR) is 71.2 cm³/mol. The van der Waals surface area contributed by atoms with Gasteiger partial charge >= 0.3 is 0 Å². The average molecular weight is 244 g/mol. The van der Waals surface area contributed by atoms with Crippen molar-refractivity contribution in [2.45, 2.75) is 40.5 Å². The number of rotatable bonds is 4. The van der Waals surface area contributed by atoms with Gasteiger partial charge in [0.25, 0.3) is 0 Å². The van der Waals surface area contributed by atoms with Crippen LogP contribution in [0.1, 0.15) is 43.5 Å². The van der Waals surface area contributed by atoms with E-state index in [0.717, 1.165) is 17.8 Å². The van der Waals surface area contributed by atoms with E-state index in [1.807, 2.05) is 13.8 Å². The van der Waals surface area contributed by atoms with Gasteiger partial charge in [-0.1, -0.05) is 13.8 Å². The number of aryl methyl sites for hydroxylation is 1. The van der Waals surface area contributed by atoms with E-state index in [1.54, 1.807) is 0 Å². The summed E-state index contributed by atoms with van der Waals surface area (Å²) in [6, 6.07) is 2.23. The van der Waals surface area contributed by atoms with Crippen molar-refractivity contribution < 1.29 is 0 Å². The zero-order chi connectivity index (χ0) is 13.3. The van der Waals surface area contributed by atoms with Crippen LogP contribution in [-0.2, 0) is 0 Å². The third-order valence-electron chi connectivity index (χ3n) is 4.29. The van der Waals surface area contributed by atoms with Gasteiger partial charge in [-0.2, -0.15) is 10.4 Å². The highest BCUT2D eigenvalue weighted by molar-refractivity contribution is 5.55. The highest BCUT2D eigenvalue weighted by Gasteiger charge is 2.45. The fourth-order valence-corrected chi connectivity index (χ4v) is 2.25. The Morgan fingerprint density at radius 3 is 2.50 bits per heavy atom. The van der Waals surface area contributed by atoms with Crippen LogP contribution < -0.4 is 5.32 Å². The standard InChI is InChI=1S/C14H20N4/c1-9(2)14(5-6-14)8-16-13-12(7-15)10(3)11(4)17-18-13/h9H,5-6,8H2,1-4H3,(H,16,18). The number of hydrogen-bond acceptors (Lipinski definition) is 4. The SMILES string of the molecule is Cc1nnc(NCC2(C(C)C)CC2)c(C#N)c1C. The van der Waals surface area contributed by atoms with Gasteiger partial charge in [-0.15, -0.1) is 5.10 Å². The smallest absolute Gasteiger partial charge is 0.166 e. The van der Waals surface area contributed by atoms with E-state index in [9.17, 15) is 5.26 Å². The normalized spacial score (nSPS) is 16.4. The van der Waals surface area contributed by atoms with Crippen LogP contribution in [0.5, 0.6) is 0 Å². The van der Waals surface area contributed by atoms with Crippen molar-refractivity contribution in [1.82, 2.24) is 10.2 Å². The molecule has 1 N–H and O–H groups in total. The molecule has 0 radical (unpaired) electrons. The molecule has 2 rings (SSSR count). The molecule has 1 aromatic heterocycles. The van der Waals surface area contributed by atoms with Crippen LogP contribution in [0.4, 0.5) is 5.82 Å². The first kappa shape index (κ1) is 12.8. The van der Waals surface area contributed by atoms with Crippen LogP contribution in [0.15, 0.2) is 0 Å². The summed E-state index contributed by atoms with van der Waals surface area (Å²) in [6.45, 7) is 9.20. The molecule has 0 saturated heterocycles. The summed E-state index contributed by atoms with van der Waals surface area (Å²) in [5.74, 6) is 1.29. The number of anilines is 1. The Hall–Kier alpha value is -1.63. The molecule has 0 unspecified atom stereocenters. The lowest BCUT2D eigenvalue weighted by molar-refractivity contribution is 0.379. The summed E-state index contributed by atoms with van der Waals surface area (Å²) in [4.78, 5) is 0. The number of nitrogens with one attached hydrogen (secondary N) is 1. The first-order valence-electron chi connectivity index (χ1n) is 6.48. The Kier molecular flexibility index (Phi) is 3.25. The van der Waals surface area contributed by atoms with E-state index >= 15 is 0 Å². The van der Waals surface area contributed by atoms with Gasteiger partial charge in [0.05, 0.1) is 5.69 Å². The third-order valence-corrected chi connectivity index (χ3v) is 4.29. The lowest BCUT2D eigenvalue weighted by Crippen LogP contribution is -2.22. The van der Waals surface area contributed by atoms with Crippen molar-refractivity contribution in [2.75, 3.05) is 11.9 Å². The van der Waals surface area contributed by atoms with E-state index < -0.39 is 0 Å². The van der Waals surface area contributed by atoms with Gasteiger partial charge < -0.3 is 5.32 Å². The Balaban J connectivity index is 2.16. The Morgan fingerprint density at radius 2 is 2.00 bits per heavy atom. The molecule has 4 nitrogen and oxygen atoms in total. The molecule has 96 valence electrons. The minimum Gasteiger partial charge on any atom is -0.367 e. The van der Waals surface area contributed by atoms with Gasteiger partial charge in [-0.05, 0) is 43.6 Å². The summed E-state index contributed by atoms with van der Waals surface area (Å²) < 4.78 is 0. The van der Waals surface area contributed by atoms with Gasteiger partial charge in [0.2, 0.25) is 0 Å². The third kappa shape index (κ3) is 2.17. The first-order chi connectivity index (χ1) is 8.50. The van der Waals surface area contributed by atoms with E-state index in [1.165, 1.54) is 12.8 Å². The molecule has 0 amide bonds. The van der Waals surface area contributed by atoms with Crippen LogP contribution in [0.25, 0.3) is 0 Å². The van der Waals surface area contributed by atoms with Crippen LogP contribution in [0.3, 0.4) is 0 Å². The van der Waals surface area contributed by atoms with E-state index in [-0.39, 0.29) is 0 Å². The minimum atomic E-state index is 0.396. The molecule has 0 aliphatic heterocycles. The van der Waals surface area contributed by atoms with Crippen LogP contribution in [0.2, 0.25) is 0 Å². The molecule has 1 aliphatic carbocycles. The van der Waals surface area contributed by atoms with Crippen LogP contribution in [-0.4, -0.2) is 16.7 Å². The van der Waals surface area contributed by atoms with Gasteiger partial charge in [-0.3, -0.25) is 0 Å². The topological polar surface area (TPSA) is 61.6 Å². The number of nitriles is 1. The largest absolute Gasteiger partial charge is 0.367 e. The van der Waals surface area contributed by atoms with Gasteiger partial charge in [0, 0.05) is 6.54 Å². The molecule has 1 fully saturated rings. The molecule has 0 spiro atoms. The van der Waals surface area contributed by atoms with Crippen molar-refractivity contribution in [3.63, 3.8) is 0 Å². The molecule has 1 heterocycles. The second-order valence-corrected chi connectivity index (χ2v) is 5.62. The summed E-state index contributed by atoms with van der Waals surface area (Å²) in [5.41, 5.74) is 2.77. The second-order valence-electron chi connectivity index (χ2n) is 5.62. The summed E-state index contributed by atoms with van der Waals surface area (Å²) in [7, 11) is 0. The van der Waals surface area contributed by atoms with Crippen molar-refractivity contribution in [3.8, 4) is 6.07 Å². The molecule has 0 aromatic carbocycles. The van der Waals surface area contributed by atoms with Gasteiger partial charge in [0.1, 0.15) is 11.6 Å². The van der Waals surface area contributed by atoms with Crippen molar-refractivity contribution in [2.24, 2.45) is 11.3 Å². The van der Waals surface area contributed by atoms with E-state index in [0.29, 0.717) is 22.7 Å². The second kappa shape index (κ2) is 4.56. The van der Waals surface area contributed by atoms with Gasteiger partial charge in [0.15, 0.2) is 5.82 Å². The maximum absolute atomic E-state index is 9.22. The maximum Gasteiger partial charge on any atom is 0.166 e. The Morgan fingerprint density at radius 1 is 1.33 bits per heavy atom. The molecular formula is C14H20N4. The first-order valence-corrected chi connectivity index (χ1v) is 6.48. The Bertz CT molecular complexity index is 495. The van der Waals surface area contributed by atoms with E-state index in [4.69, 9.17) is 0 Å². The molecule has 1 aliphatic rings.